The first-order valence-corrected chi connectivity index (χ1v) is 2.27. The molecule has 0 fully saturated rings. The molecule has 0 aliphatic carbocycles. The maximum absolute atomic E-state index is 5.39. The van der Waals surface area contributed by atoms with E-state index in [2.05, 4.69) is 0 Å². The number of nitrogens with two attached hydrogens (primary N) is 1. The molecule has 1 aliphatic rings. The van der Waals surface area contributed by atoms with E-state index in [4.69, 9.17) is 10.4 Å². The zero-order valence-electron chi connectivity index (χ0n) is 4.56. The van der Waals surface area contributed by atoms with Gasteiger partial charge in [0.25, 0.3) is 0 Å². The molecule has 38 valence electrons. The van der Waals surface area contributed by atoms with Crippen molar-refractivity contribution in [2.24, 2.45) is 5.73 Å². The Balaban J connectivity index is 2.68. The predicted molar refractivity (Wildman–Crippen MR) is 30.1 cm³/mol. The van der Waals surface area contributed by atoms with Crippen molar-refractivity contribution < 1.29 is 4.65 Å². The monoisotopic (exact) mass is 97.1 g/mol. The third kappa shape index (κ3) is 0.520. The van der Waals surface area contributed by atoms with E-state index in [1.165, 1.54) is 0 Å². The first-order valence-electron chi connectivity index (χ1n) is 2.27. The first kappa shape index (κ1) is 4.69. The maximum atomic E-state index is 5.39. The van der Waals surface area contributed by atoms with E-state index in [0.29, 0.717) is 0 Å². The molecule has 0 bridgehead atoms. The Morgan fingerprint density at radius 1 is 1.71 bits per heavy atom. The van der Waals surface area contributed by atoms with Crippen molar-refractivity contribution in [3.05, 3.63) is 0 Å². The van der Waals surface area contributed by atoms with Gasteiger partial charge in [0.05, 0.1) is 0 Å². The Morgan fingerprint density at radius 2 is 2.14 bits per heavy atom. The Kier molecular flexibility index (Phi) is 0.687. The van der Waals surface area contributed by atoms with Crippen LogP contribution in [0.15, 0.2) is 0 Å². The Labute approximate surface area is 43.6 Å². The molecule has 0 atom stereocenters. The van der Waals surface area contributed by atoms with Crippen LogP contribution in [0.1, 0.15) is 13.8 Å². The van der Waals surface area contributed by atoms with Gasteiger partial charge in [-0.15, -0.1) is 0 Å². The van der Waals surface area contributed by atoms with Crippen molar-refractivity contribution in [2.75, 3.05) is 0 Å². The van der Waals surface area contributed by atoms with E-state index in [1.807, 2.05) is 13.8 Å². The third-order valence-corrected chi connectivity index (χ3v) is 1.18. The van der Waals surface area contributed by atoms with Gasteiger partial charge in [-0.05, 0) is 0 Å². The number of hydrogen-bond acceptors (Lipinski definition) is 2. The summed E-state index contributed by atoms with van der Waals surface area (Å²) >= 11 is 0. The summed E-state index contributed by atoms with van der Waals surface area (Å²) in [7, 11) is 1.57. The van der Waals surface area contributed by atoms with Crippen LogP contribution in [0.5, 0.6) is 0 Å². The van der Waals surface area contributed by atoms with Crippen LogP contribution in [0.2, 0.25) is 0 Å². The molecule has 0 aromatic carbocycles. The molecule has 3 heteroatoms. The molecular formula is C4H8BNO. The van der Waals surface area contributed by atoms with E-state index in [0.717, 1.165) is 5.59 Å². The van der Waals surface area contributed by atoms with Crippen LogP contribution >= 0.6 is 0 Å². The molecule has 1 heterocycles. The van der Waals surface area contributed by atoms with Crippen LogP contribution in [-0.4, -0.2) is 18.3 Å². The number of rotatable bonds is 0. The fraction of sp³-hybridized carbons (Fsp3) is 0.750. The molecule has 2 nitrogen and oxygen atoms in total. The van der Waals surface area contributed by atoms with E-state index in [9.17, 15) is 0 Å². The second-order valence-corrected chi connectivity index (χ2v) is 2.20. The minimum atomic E-state index is -0.181. The van der Waals surface area contributed by atoms with Gasteiger partial charge >= 0.3 is 42.5 Å². The van der Waals surface area contributed by atoms with Gasteiger partial charge in [-0.3, -0.25) is 0 Å². The number of hydrogen-bond donors (Lipinski definition) is 1. The molecule has 0 unspecified atom stereocenters. The molecule has 0 aromatic heterocycles. The molecule has 0 spiro atoms. The van der Waals surface area contributed by atoms with Crippen LogP contribution in [0.4, 0.5) is 0 Å². The molecule has 0 saturated heterocycles. The summed E-state index contributed by atoms with van der Waals surface area (Å²) in [5.74, 6) is 0. The molecule has 0 amide bonds. The molecule has 1 aliphatic heterocycles. The summed E-state index contributed by atoms with van der Waals surface area (Å²) in [6.07, 6.45) is 0. The van der Waals surface area contributed by atoms with Crippen LogP contribution in [0.3, 0.4) is 0 Å². The first-order chi connectivity index (χ1) is 3.13. The molecule has 1 rings (SSSR count). The Bertz CT molecular complexity index is 119. The van der Waals surface area contributed by atoms with Gasteiger partial charge in [0.2, 0.25) is 0 Å². The summed E-state index contributed by atoms with van der Waals surface area (Å²) in [4.78, 5) is 0. The quantitative estimate of drug-likeness (QED) is 0.413. The average molecular weight is 96.9 g/mol. The van der Waals surface area contributed by atoms with Gasteiger partial charge in [-0.1, -0.05) is 0 Å². The molecule has 0 saturated carbocycles. The standard InChI is InChI=1S/C4H8BNO/c1-4(2)3(6)5-7-4/h6H2,1-2H3. The summed E-state index contributed by atoms with van der Waals surface area (Å²) < 4.78 is 4.94. The van der Waals surface area contributed by atoms with Crippen molar-refractivity contribution in [2.45, 2.75) is 19.4 Å². The van der Waals surface area contributed by atoms with Crippen molar-refractivity contribution in [3.8, 4) is 0 Å². The van der Waals surface area contributed by atoms with E-state index < -0.39 is 0 Å². The topological polar surface area (TPSA) is 35.2 Å². The fourth-order valence-corrected chi connectivity index (χ4v) is 0.363. The summed E-state index contributed by atoms with van der Waals surface area (Å²) in [5.41, 5.74) is 6.04. The van der Waals surface area contributed by atoms with E-state index >= 15 is 0 Å². The molecule has 0 radical (unpaired) electrons. The van der Waals surface area contributed by atoms with Crippen molar-refractivity contribution in [1.82, 2.24) is 0 Å². The Hall–Kier alpha value is -0.465. The van der Waals surface area contributed by atoms with Gasteiger partial charge in [0.15, 0.2) is 0 Å². The molecule has 2 N–H and O–H groups in total. The van der Waals surface area contributed by atoms with Gasteiger partial charge in [0, 0.05) is 0 Å². The van der Waals surface area contributed by atoms with Gasteiger partial charge in [0.1, 0.15) is 0 Å². The van der Waals surface area contributed by atoms with E-state index in [-0.39, 0.29) is 5.60 Å². The van der Waals surface area contributed by atoms with E-state index in [1.54, 1.807) is 7.12 Å². The normalized spacial score (nSPS) is 23.4. The minimum absolute atomic E-state index is 0.181. The van der Waals surface area contributed by atoms with Gasteiger partial charge in [-0.25, -0.2) is 0 Å². The third-order valence-electron chi connectivity index (χ3n) is 1.18. The van der Waals surface area contributed by atoms with Crippen molar-refractivity contribution >= 4 is 12.7 Å². The molecule has 7 heavy (non-hydrogen) atoms. The second kappa shape index (κ2) is 1.03. The van der Waals surface area contributed by atoms with Crippen LogP contribution in [-0.2, 0) is 4.65 Å². The van der Waals surface area contributed by atoms with Crippen LogP contribution in [0, 0.1) is 0 Å². The zero-order chi connectivity index (χ0) is 5.49. The van der Waals surface area contributed by atoms with Crippen LogP contribution < -0.4 is 5.73 Å². The van der Waals surface area contributed by atoms with Crippen molar-refractivity contribution in [3.63, 3.8) is 0 Å². The Morgan fingerprint density at radius 3 is 2.14 bits per heavy atom. The molecule has 0 aromatic rings. The SMILES string of the molecule is CC1(C)OB=C1N. The summed E-state index contributed by atoms with van der Waals surface area (Å²) in [6.45, 7) is 3.87. The predicted octanol–water partition coefficient (Wildman–Crippen LogP) is -0.497. The summed E-state index contributed by atoms with van der Waals surface area (Å²) in [6, 6.07) is 0. The zero-order valence-corrected chi connectivity index (χ0v) is 4.56. The van der Waals surface area contributed by atoms with Gasteiger partial charge in [-0.2, -0.15) is 0 Å². The van der Waals surface area contributed by atoms with Gasteiger partial charge < -0.3 is 0 Å². The summed E-state index contributed by atoms with van der Waals surface area (Å²) in [5, 5.41) is 0. The second-order valence-electron chi connectivity index (χ2n) is 2.20. The fourth-order valence-electron chi connectivity index (χ4n) is 0.363. The average Bonchev–Trinajstić information content (AvgIpc) is 1.63. The molecular weight excluding hydrogens is 88.9 g/mol. The van der Waals surface area contributed by atoms with Crippen LogP contribution in [0.25, 0.3) is 0 Å². The van der Waals surface area contributed by atoms with Crippen molar-refractivity contribution in [1.29, 1.82) is 0 Å².